The maximum absolute atomic E-state index is 12.3. The summed E-state index contributed by atoms with van der Waals surface area (Å²) in [4.78, 5) is 12.5. The normalized spacial score (nSPS) is 11.3. The molecule has 1 amide bonds. The Kier molecular flexibility index (Phi) is 4.80. The fourth-order valence-corrected chi connectivity index (χ4v) is 3.88. The Bertz CT molecular complexity index is 1010. The van der Waals surface area contributed by atoms with Crippen LogP contribution in [0.3, 0.4) is 0 Å². The van der Waals surface area contributed by atoms with Crippen molar-refractivity contribution in [2.24, 2.45) is 0 Å². The zero-order valence-corrected chi connectivity index (χ0v) is 15.2. The van der Waals surface area contributed by atoms with Gasteiger partial charge in [0.15, 0.2) is 5.82 Å². The van der Waals surface area contributed by atoms with E-state index in [4.69, 9.17) is 16.1 Å². The highest BCUT2D eigenvalue weighted by Gasteiger charge is 2.16. The molecular formula is C15H12ClN3O4S2. The van der Waals surface area contributed by atoms with Crippen molar-refractivity contribution in [3.63, 3.8) is 0 Å². The number of aryl methyl sites for hydroxylation is 1. The molecule has 2 aromatic heterocycles. The lowest BCUT2D eigenvalue weighted by atomic mass is 10.3. The number of carbonyl (C=O) groups is 1. The summed E-state index contributed by atoms with van der Waals surface area (Å²) >= 11 is 6.96. The lowest BCUT2D eigenvalue weighted by Gasteiger charge is -2.07. The molecule has 0 radical (unpaired) electrons. The molecule has 3 rings (SSSR count). The molecule has 10 heteroatoms. The Morgan fingerprint density at radius 1 is 1.20 bits per heavy atom. The minimum absolute atomic E-state index is 0.0327. The molecule has 0 fully saturated rings. The van der Waals surface area contributed by atoms with Gasteiger partial charge in [0, 0.05) is 11.8 Å². The first kappa shape index (κ1) is 17.5. The van der Waals surface area contributed by atoms with Crippen LogP contribution in [-0.4, -0.2) is 19.5 Å². The first-order valence-corrected chi connectivity index (χ1v) is 9.64. The maximum Gasteiger partial charge on any atom is 0.265 e. The molecule has 0 aliphatic heterocycles. The van der Waals surface area contributed by atoms with E-state index in [0.29, 0.717) is 20.7 Å². The van der Waals surface area contributed by atoms with Crippen molar-refractivity contribution in [2.45, 2.75) is 11.8 Å². The fraction of sp³-hybridized carbons (Fsp3) is 0.0667. The molecule has 25 heavy (non-hydrogen) atoms. The molecule has 130 valence electrons. The zero-order chi connectivity index (χ0) is 18.0. The summed E-state index contributed by atoms with van der Waals surface area (Å²) in [6, 6.07) is 10.5. The Morgan fingerprint density at radius 2 is 1.92 bits per heavy atom. The van der Waals surface area contributed by atoms with Crippen molar-refractivity contribution < 1.29 is 17.7 Å². The first-order valence-electron chi connectivity index (χ1n) is 6.96. The molecule has 0 saturated heterocycles. The third-order valence-corrected chi connectivity index (χ3v) is 5.69. The van der Waals surface area contributed by atoms with E-state index in [9.17, 15) is 13.2 Å². The molecule has 2 N–H and O–H groups in total. The van der Waals surface area contributed by atoms with E-state index in [1.165, 1.54) is 30.3 Å². The molecule has 0 unspecified atom stereocenters. The number of anilines is 2. The molecule has 1 aromatic carbocycles. The minimum atomic E-state index is -3.79. The van der Waals surface area contributed by atoms with Gasteiger partial charge in [-0.25, -0.2) is 8.42 Å². The zero-order valence-electron chi connectivity index (χ0n) is 12.8. The van der Waals surface area contributed by atoms with Gasteiger partial charge in [-0.15, -0.1) is 11.3 Å². The van der Waals surface area contributed by atoms with Gasteiger partial charge >= 0.3 is 0 Å². The number of hydrogen-bond donors (Lipinski definition) is 2. The average molecular weight is 398 g/mol. The quantitative estimate of drug-likeness (QED) is 0.682. The van der Waals surface area contributed by atoms with Gasteiger partial charge in [0.05, 0.1) is 14.1 Å². The second-order valence-corrected chi connectivity index (χ2v) is 8.41. The number of amides is 1. The van der Waals surface area contributed by atoms with Gasteiger partial charge in [-0.05, 0) is 43.3 Å². The third kappa shape index (κ3) is 4.19. The van der Waals surface area contributed by atoms with Crippen LogP contribution < -0.4 is 10.0 Å². The largest absolute Gasteiger partial charge is 0.360 e. The van der Waals surface area contributed by atoms with Crippen LogP contribution in [0.2, 0.25) is 4.34 Å². The van der Waals surface area contributed by atoms with Crippen molar-refractivity contribution in [3.05, 3.63) is 57.4 Å². The SMILES string of the molecule is Cc1cc(NS(=O)(=O)c2ccc(NC(=O)c3ccc(Cl)s3)cc2)no1. The number of hydrogen-bond acceptors (Lipinski definition) is 6. The molecule has 0 atom stereocenters. The van der Waals surface area contributed by atoms with E-state index in [-0.39, 0.29) is 16.6 Å². The number of nitrogens with one attached hydrogen (secondary N) is 2. The predicted octanol–water partition coefficient (Wildman–Crippen LogP) is 3.75. The van der Waals surface area contributed by atoms with E-state index in [1.54, 1.807) is 19.1 Å². The number of carbonyl (C=O) groups excluding carboxylic acids is 1. The number of benzene rings is 1. The van der Waals surface area contributed by atoms with Crippen LogP contribution >= 0.6 is 22.9 Å². The van der Waals surface area contributed by atoms with Crippen molar-refractivity contribution in [1.29, 1.82) is 0 Å². The van der Waals surface area contributed by atoms with Crippen molar-refractivity contribution in [3.8, 4) is 0 Å². The molecule has 0 bridgehead atoms. The number of rotatable bonds is 5. The molecule has 3 aromatic rings. The van der Waals surface area contributed by atoms with E-state index >= 15 is 0 Å². The Balaban J connectivity index is 1.72. The van der Waals surface area contributed by atoms with Gasteiger partial charge in [-0.3, -0.25) is 9.52 Å². The molecule has 2 heterocycles. The van der Waals surface area contributed by atoms with Gasteiger partial charge in [0.1, 0.15) is 5.76 Å². The summed E-state index contributed by atoms with van der Waals surface area (Å²) in [5, 5.41) is 6.26. The number of thiophene rings is 1. The third-order valence-electron chi connectivity index (χ3n) is 3.09. The van der Waals surface area contributed by atoms with Crippen LogP contribution in [0.5, 0.6) is 0 Å². The summed E-state index contributed by atoms with van der Waals surface area (Å²) in [7, 11) is -3.79. The second kappa shape index (κ2) is 6.87. The minimum Gasteiger partial charge on any atom is -0.360 e. The summed E-state index contributed by atoms with van der Waals surface area (Å²) in [6.45, 7) is 1.66. The monoisotopic (exact) mass is 397 g/mol. The Morgan fingerprint density at radius 3 is 2.48 bits per heavy atom. The van der Waals surface area contributed by atoms with Gasteiger partial charge in [0.25, 0.3) is 15.9 Å². The number of halogens is 1. The molecule has 0 saturated carbocycles. The van der Waals surface area contributed by atoms with E-state index in [1.807, 2.05) is 0 Å². The summed E-state index contributed by atoms with van der Waals surface area (Å²) < 4.78 is 32.2. The second-order valence-electron chi connectivity index (χ2n) is 5.01. The molecule has 0 aliphatic carbocycles. The first-order chi connectivity index (χ1) is 11.8. The van der Waals surface area contributed by atoms with Crippen molar-refractivity contribution >= 4 is 50.4 Å². The Hall–Kier alpha value is -2.36. The van der Waals surface area contributed by atoms with Crippen LogP contribution in [0.25, 0.3) is 0 Å². The van der Waals surface area contributed by atoms with Gasteiger partial charge in [0.2, 0.25) is 0 Å². The highest BCUT2D eigenvalue weighted by Crippen LogP contribution is 2.23. The topological polar surface area (TPSA) is 101 Å². The Labute approximate surface area is 152 Å². The molecule has 0 spiro atoms. The van der Waals surface area contributed by atoms with Crippen LogP contribution in [0.4, 0.5) is 11.5 Å². The molecule has 0 aliphatic rings. The van der Waals surface area contributed by atoms with Crippen LogP contribution in [-0.2, 0) is 10.0 Å². The van der Waals surface area contributed by atoms with E-state index in [2.05, 4.69) is 15.2 Å². The fourth-order valence-electron chi connectivity index (χ4n) is 1.96. The van der Waals surface area contributed by atoms with Gasteiger partial charge < -0.3 is 9.84 Å². The molecular weight excluding hydrogens is 386 g/mol. The maximum atomic E-state index is 12.3. The van der Waals surface area contributed by atoms with Gasteiger partial charge in [-0.2, -0.15) is 0 Å². The van der Waals surface area contributed by atoms with Crippen LogP contribution in [0.15, 0.2) is 51.9 Å². The van der Waals surface area contributed by atoms with Crippen molar-refractivity contribution in [2.75, 3.05) is 10.0 Å². The summed E-state index contributed by atoms with van der Waals surface area (Å²) in [6.07, 6.45) is 0. The summed E-state index contributed by atoms with van der Waals surface area (Å²) in [5.41, 5.74) is 0.464. The van der Waals surface area contributed by atoms with Gasteiger partial charge in [-0.1, -0.05) is 16.8 Å². The van der Waals surface area contributed by atoms with Crippen LogP contribution in [0, 0.1) is 6.92 Å². The number of aromatic nitrogens is 1. The summed E-state index contributed by atoms with van der Waals surface area (Å²) in [5.74, 6) is 0.276. The highest BCUT2D eigenvalue weighted by molar-refractivity contribution is 7.92. The van der Waals surface area contributed by atoms with E-state index in [0.717, 1.165) is 11.3 Å². The number of sulfonamides is 1. The lowest BCUT2D eigenvalue weighted by Crippen LogP contribution is -2.14. The standard InChI is InChI=1S/C15H12ClN3O4S2/c1-9-8-14(18-23-9)19-25(21,22)11-4-2-10(3-5-11)17-15(20)12-6-7-13(16)24-12/h2-8H,1H3,(H,17,20)(H,18,19). The lowest BCUT2D eigenvalue weighted by molar-refractivity contribution is 0.103. The predicted molar refractivity (Wildman–Crippen MR) is 95.8 cm³/mol. The molecule has 7 nitrogen and oxygen atoms in total. The van der Waals surface area contributed by atoms with Crippen molar-refractivity contribution in [1.82, 2.24) is 5.16 Å². The average Bonchev–Trinajstić information content (AvgIpc) is 3.16. The smallest absolute Gasteiger partial charge is 0.265 e. The van der Waals surface area contributed by atoms with Crippen LogP contribution in [0.1, 0.15) is 15.4 Å². The highest BCUT2D eigenvalue weighted by atomic mass is 35.5. The van der Waals surface area contributed by atoms with E-state index < -0.39 is 10.0 Å². The number of nitrogens with zero attached hydrogens (tertiary/aromatic N) is 1.